The van der Waals surface area contributed by atoms with Crippen LogP contribution in [0.15, 0.2) is 10.9 Å². The van der Waals surface area contributed by atoms with E-state index < -0.39 is 6.04 Å². The summed E-state index contributed by atoms with van der Waals surface area (Å²) in [7, 11) is 0. The van der Waals surface area contributed by atoms with E-state index in [1.165, 1.54) is 6.39 Å². The molecular formula is C10H18N4O2. The Kier molecular flexibility index (Phi) is 4.00. The van der Waals surface area contributed by atoms with Gasteiger partial charge < -0.3 is 15.6 Å². The number of carbonyl (C=O) groups is 1. The Bertz CT molecular complexity index is 329. The molecule has 1 unspecified atom stereocenters. The zero-order chi connectivity index (χ0) is 12.2. The summed E-state index contributed by atoms with van der Waals surface area (Å²) in [6.45, 7) is 6.24. The topological polar surface area (TPSA) is 94.0 Å². The van der Waals surface area contributed by atoms with Crippen LogP contribution >= 0.6 is 0 Å². The summed E-state index contributed by atoms with van der Waals surface area (Å²) < 4.78 is 4.58. The molecule has 0 saturated heterocycles. The van der Waals surface area contributed by atoms with E-state index in [1.807, 2.05) is 20.8 Å². The number of nitrogens with zero attached hydrogens (tertiary/aromatic N) is 2. The zero-order valence-corrected chi connectivity index (χ0v) is 9.86. The van der Waals surface area contributed by atoms with Crippen molar-refractivity contribution in [1.29, 1.82) is 0 Å². The van der Waals surface area contributed by atoms with Crippen LogP contribution in [0.1, 0.15) is 26.6 Å². The van der Waals surface area contributed by atoms with Crippen molar-refractivity contribution in [2.75, 3.05) is 6.54 Å². The lowest BCUT2D eigenvalue weighted by Crippen LogP contribution is -2.49. The first kappa shape index (κ1) is 12.6. The van der Waals surface area contributed by atoms with Crippen molar-refractivity contribution >= 4 is 5.91 Å². The highest BCUT2D eigenvalue weighted by molar-refractivity contribution is 5.82. The van der Waals surface area contributed by atoms with Crippen molar-refractivity contribution < 1.29 is 9.32 Å². The van der Waals surface area contributed by atoms with Gasteiger partial charge in [-0.3, -0.25) is 4.79 Å². The van der Waals surface area contributed by atoms with Gasteiger partial charge in [0.15, 0.2) is 5.82 Å². The first-order valence-electron chi connectivity index (χ1n) is 5.20. The van der Waals surface area contributed by atoms with E-state index in [0.717, 1.165) is 0 Å². The molecule has 0 aliphatic carbocycles. The molecule has 16 heavy (non-hydrogen) atoms. The van der Waals surface area contributed by atoms with E-state index in [-0.39, 0.29) is 11.3 Å². The molecule has 1 heterocycles. The third-order valence-corrected chi connectivity index (χ3v) is 2.27. The minimum Gasteiger partial charge on any atom is -0.354 e. The van der Waals surface area contributed by atoms with Gasteiger partial charge >= 0.3 is 0 Å². The van der Waals surface area contributed by atoms with Crippen molar-refractivity contribution in [2.45, 2.75) is 33.2 Å². The van der Waals surface area contributed by atoms with E-state index >= 15 is 0 Å². The fourth-order valence-electron chi connectivity index (χ4n) is 1.10. The molecule has 90 valence electrons. The zero-order valence-electron chi connectivity index (χ0n) is 9.86. The summed E-state index contributed by atoms with van der Waals surface area (Å²) in [5.74, 6) is 0.417. The smallest absolute Gasteiger partial charge is 0.237 e. The molecule has 0 aliphatic rings. The molecule has 0 saturated carbocycles. The van der Waals surface area contributed by atoms with Gasteiger partial charge in [-0.25, -0.2) is 0 Å². The van der Waals surface area contributed by atoms with Crippen LogP contribution in [0.5, 0.6) is 0 Å². The third-order valence-electron chi connectivity index (χ3n) is 2.27. The first-order chi connectivity index (χ1) is 7.41. The standard InChI is InChI=1S/C10H18N4O2/c1-10(2,3)8(11)9(15)12-5-4-7-13-6-16-14-7/h6,8H,4-5,11H2,1-3H3,(H,12,15). The van der Waals surface area contributed by atoms with E-state index in [9.17, 15) is 4.79 Å². The van der Waals surface area contributed by atoms with Gasteiger partial charge in [0.2, 0.25) is 12.3 Å². The Labute approximate surface area is 94.6 Å². The average Bonchev–Trinajstić information content (AvgIpc) is 2.67. The van der Waals surface area contributed by atoms with Crippen LogP contribution in [0.4, 0.5) is 0 Å². The molecule has 1 amide bonds. The van der Waals surface area contributed by atoms with Gasteiger partial charge in [0.25, 0.3) is 0 Å². The molecule has 6 nitrogen and oxygen atoms in total. The minimum atomic E-state index is -0.516. The van der Waals surface area contributed by atoms with E-state index in [2.05, 4.69) is 20.0 Å². The predicted octanol–water partition coefficient (Wildman–Crippen LogP) is 0.102. The van der Waals surface area contributed by atoms with Gasteiger partial charge in [-0.1, -0.05) is 25.9 Å². The number of hydrogen-bond acceptors (Lipinski definition) is 5. The van der Waals surface area contributed by atoms with Crippen LogP contribution < -0.4 is 11.1 Å². The number of nitrogens with one attached hydrogen (secondary N) is 1. The highest BCUT2D eigenvalue weighted by Gasteiger charge is 2.26. The maximum absolute atomic E-state index is 11.6. The van der Waals surface area contributed by atoms with Crippen molar-refractivity contribution in [3.05, 3.63) is 12.2 Å². The number of amides is 1. The molecule has 1 atom stereocenters. The molecule has 1 rings (SSSR count). The third kappa shape index (κ3) is 3.62. The molecule has 0 aromatic carbocycles. The second kappa shape index (κ2) is 5.07. The van der Waals surface area contributed by atoms with Gasteiger partial charge in [0.05, 0.1) is 6.04 Å². The quantitative estimate of drug-likeness (QED) is 0.759. The Hall–Kier alpha value is -1.43. The molecule has 0 radical (unpaired) electrons. The summed E-state index contributed by atoms with van der Waals surface area (Å²) in [6.07, 6.45) is 1.80. The fraction of sp³-hybridized carbons (Fsp3) is 0.700. The van der Waals surface area contributed by atoms with Crippen molar-refractivity contribution in [3.8, 4) is 0 Å². The summed E-state index contributed by atoms with van der Waals surface area (Å²) in [4.78, 5) is 15.5. The SMILES string of the molecule is CC(C)(C)C(N)C(=O)NCCc1ncon1. The number of rotatable bonds is 4. The second-order valence-electron chi connectivity index (χ2n) is 4.73. The molecule has 0 bridgehead atoms. The largest absolute Gasteiger partial charge is 0.354 e. The molecule has 1 aromatic heterocycles. The van der Waals surface area contributed by atoms with Crippen molar-refractivity contribution in [2.24, 2.45) is 11.1 Å². The summed E-state index contributed by atoms with van der Waals surface area (Å²) in [6, 6.07) is -0.516. The van der Waals surface area contributed by atoms with Gasteiger partial charge in [-0.15, -0.1) is 0 Å². The number of nitrogens with two attached hydrogens (primary N) is 1. The van der Waals surface area contributed by atoms with Gasteiger partial charge in [0, 0.05) is 13.0 Å². The summed E-state index contributed by atoms with van der Waals surface area (Å²) in [5.41, 5.74) is 5.55. The van der Waals surface area contributed by atoms with Gasteiger partial charge in [-0.05, 0) is 5.41 Å². The molecule has 0 spiro atoms. The van der Waals surface area contributed by atoms with Crippen LogP contribution in [0.3, 0.4) is 0 Å². The van der Waals surface area contributed by atoms with E-state index in [1.54, 1.807) is 0 Å². The molecule has 0 fully saturated rings. The van der Waals surface area contributed by atoms with Crippen molar-refractivity contribution in [3.63, 3.8) is 0 Å². The molecule has 6 heteroatoms. The van der Waals surface area contributed by atoms with Crippen LogP contribution in [-0.2, 0) is 11.2 Å². The Morgan fingerprint density at radius 3 is 2.81 bits per heavy atom. The Morgan fingerprint density at radius 2 is 2.31 bits per heavy atom. The first-order valence-corrected chi connectivity index (χ1v) is 5.20. The Balaban J connectivity index is 2.30. The highest BCUT2D eigenvalue weighted by atomic mass is 16.5. The number of hydrogen-bond donors (Lipinski definition) is 2. The molecule has 1 aromatic rings. The lowest BCUT2D eigenvalue weighted by Gasteiger charge is -2.25. The lowest BCUT2D eigenvalue weighted by atomic mass is 9.87. The van der Waals surface area contributed by atoms with Crippen molar-refractivity contribution in [1.82, 2.24) is 15.5 Å². The second-order valence-corrected chi connectivity index (χ2v) is 4.73. The van der Waals surface area contributed by atoms with E-state index in [4.69, 9.17) is 5.73 Å². The summed E-state index contributed by atoms with van der Waals surface area (Å²) >= 11 is 0. The minimum absolute atomic E-state index is 0.156. The normalized spacial score (nSPS) is 13.5. The van der Waals surface area contributed by atoms with Crippen LogP contribution in [-0.4, -0.2) is 28.6 Å². The van der Waals surface area contributed by atoms with Crippen LogP contribution in [0.25, 0.3) is 0 Å². The maximum atomic E-state index is 11.6. The maximum Gasteiger partial charge on any atom is 0.237 e. The fourth-order valence-corrected chi connectivity index (χ4v) is 1.10. The van der Waals surface area contributed by atoms with E-state index in [0.29, 0.717) is 18.8 Å². The lowest BCUT2D eigenvalue weighted by molar-refractivity contribution is -0.124. The molecular weight excluding hydrogens is 208 g/mol. The Morgan fingerprint density at radius 1 is 1.62 bits per heavy atom. The molecule has 0 aliphatic heterocycles. The molecule has 3 N–H and O–H groups in total. The van der Waals surface area contributed by atoms with Crippen LogP contribution in [0, 0.1) is 5.41 Å². The summed E-state index contributed by atoms with van der Waals surface area (Å²) in [5, 5.41) is 6.38. The predicted molar refractivity (Wildman–Crippen MR) is 58.4 cm³/mol. The van der Waals surface area contributed by atoms with Gasteiger partial charge in [0.1, 0.15) is 0 Å². The average molecular weight is 226 g/mol. The number of aromatic nitrogens is 2. The highest BCUT2D eigenvalue weighted by Crippen LogP contribution is 2.16. The van der Waals surface area contributed by atoms with Crippen LogP contribution in [0.2, 0.25) is 0 Å². The van der Waals surface area contributed by atoms with Gasteiger partial charge in [-0.2, -0.15) is 4.98 Å². The number of carbonyl (C=O) groups excluding carboxylic acids is 1. The monoisotopic (exact) mass is 226 g/mol.